The van der Waals surface area contributed by atoms with Crippen LogP contribution < -0.4 is 15.4 Å². The summed E-state index contributed by atoms with van der Waals surface area (Å²) in [6, 6.07) is 6.51. The number of para-hydroxylation sites is 1. The molecule has 104 valence electrons. The van der Waals surface area contributed by atoms with Gasteiger partial charge in [0.25, 0.3) is 0 Å². The van der Waals surface area contributed by atoms with Crippen LogP contribution in [0.2, 0.25) is 0 Å². The molecule has 4 nitrogen and oxygen atoms in total. The van der Waals surface area contributed by atoms with E-state index in [0.29, 0.717) is 6.04 Å². The summed E-state index contributed by atoms with van der Waals surface area (Å²) < 4.78 is 11.5. The van der Waals surface area contributed by atoms with Crippen molar-refractivity contribution in [3.63, 3.8) is 0 Å². The maximum absolute atomic E-state index is 5.89. The van der Waals surface area contributed by atoms with Crippen LogP contribution in [0.25, 0.3) is 0 Å². The normalized spacial score (nSPS) is 28.9. The van der Waals surface area contributed by atoms with Crippen LogP contribution in [-0.2, 0) is 4.74 Å². The zero-order valence-electron chi connectivity index (χ0n) is 11.8. The van der Waals surface area contributed by atoms with Gasteiger partial charge < -0.3 is 20.1 Å². The standard InChI is InChI=1S/C15H22N2O2/c1-10(2)19-12-6-4-5-11-14(12)16-8-15(3)9-18-7-13(15)17-11/h4-6,10,13,16-17H,7-9H2,1-3H3. The van der Waals surface area contributed by atoms with E-state index < -0.39 is 0 Å². The predicted octanol–water partition coefficient (Wildman–Crippen LogP) is 2.72. The van der Waals surface area contributed by atoms with E-state index in [-0.39, 0.29) is 11.5 Å². The van der Waals surface area contributed by atoms with Crippen molar-refractivity contribution in [3.8, 4) is 5.75 Å². The first kappa shape index (κ1) is 12.6. The van der Waals surface area contributed by atoms with Gasteiger partial charge in [0.15, 0.2) is 0 Å². The van der Waals surface area contributed by atoms with Crippen LogP contribution in [0.1, 0.15) is 20.8 Å². The lowest BCUT2D eigenvalue weighted by Gasteiger charge is -2.27. The number of hydrogen-bond donors (Lipinski definition) is 2. The first-order chi connectivity index (χ1) is 9.08. The molecule has 1 aromatic carbocycles. The minimum absolute atomic E-state index is 0.133. The molecule has 19 heavy (non-hydrogen) atoms. The minimum atomic E-state index is 0.133. The number of hydrogen-bond acceptors (Lipinski definition) is 4. The van der Waals surface area contributed by atoms with Gasteiger partial charge in [-0.15, -0.1) is 0 Å². The van der Waals surface area contributed by atoms with Gasteiger partial charge in [-0.2, -0.15) is 0 Å². The monoisotopic (exact) mass is 262 g/mol. The molecule has 0 aliphatic carbocycles. The Hall–Kier alpha value is -1.42. The fourth-order valence-corrected chi connectivity index (χ4v) is 2.77. The molecule has 2 aliphatic rings. The number of fused-ring (bicyclic) bond motifs is 2. The van der Waals surface area contributed by atoms with Crippen molar-refractivity contribution in [1.82, 2.24) is 0 Å². The highest BCUT2D eigenvalue weighted by Crippen LogP contribution is 2.41. The van der Waals surface area contributed by atoms with Crippen LogP contribution >= 0.6 is 0 Å². The lowest BCUT2D eigenvalue weighted by molar-refractivity contribution is 0.164. The van der Waals surface area contributed by atoms with Crippen molar-refractivity contribution >= 4 is 11.4 Å². The summed E-state index contributed by atoms with van der Waals surface area (Å²) in [5, 5.41) is 7.15. The summed E-state index contributed by atoms with van der Waals surface area (Å²) in [6.07, 6.45) is 0.176. The second-order valence-electron chi connectivity index (χ2n) is 6.06. The second kappa shape index (κ2) is 4.60. The molecule has 0 bridgehead atoms. The minimum Gasteiger partial charge on any atom is -0.489 e. The molecule has 1 saturated heterocycles. The van der Waals surface area contributed by atoms with Gasteiger partial charge in [-0.1, -0.05) is 13.0 Å². The third-order valence-corrected chi connectivity index (χ3v) is 3.95. The van der Waals surface area contributed by atoms with E-state index >= 15 is 0 Å². The lowest BCUT2D eigenvalue weighted by Crippen LogP contribution is -2.40. The molecular formula is C15H22N2O2. The predicted molar refractivity (Wildman–Crippen MR) is 77.0 cm³/mol. The molecule has 0 amide bonds. The van der Waals surface area contributed by atoms with E-state index in [9.17, 15) is 0 Å². The van der Waals surface area contributed by atoms with E-state index in [2.05, 4.69) is 23.6 Å². The van der Waals surface area contributed by atoms with Crippen LogP contribution in [0.4, 0.5) is 11.4 Å². The summed E-state index contributed by atoms with van der Waals surface area (Å²) in [6.45, 7) is 8.83. The molecule has 3 rings (SSSR count). The number of rotatable bonds is 2. The number of nitrogens with one attached hydrogen (secondary N) is 2. The van der Waals surface area contributed by atoms with Crippen LogP contribution in [0, 0.1) is 5.41 Å². The Balaban J connectivity index is 1.93. The van der Waals surface area contributed by atoms with Crippen molar-refractivity contribution in [2.24, 2.45) is 5.41 Å². The Bertz CT molecular complexity index is 475. The van der Waals surface area contributed by atoms with Crippen molar-refractivity contribution in [1.29, 1.82) is 0 Å². The quantitative estimate of drug-likeness (QED) is 0.860. The number of anilines is 2. The fourth-order valence-electron chi connectivity index (χ4n) is 2.77. The van der Waals surface area contributed by atoms with Crippen LogP contribution in [0.3, 0.4) is 0 Å². The Morgan fingerprint density at radius 2 is 2.26 bits per heavy atom. The molecule has 1 aromatic rings. The molecule has 0 spiro atoms. The molecule has 2 N–H and O–H groups in total. The summed E-state index contributed by atoms with van der Waals surface area (Å²) >= 11 is 0. The molecule has 4 heteroatoms. The largest absolute Gasteiger partial charge is 0.489 e. The molecule has 2 heterocycles. The molecule has 0 aromatic heterocycles. The van der Waals surface area contributed by atoms with Gasteiger partial charge in [0.2, 0.25) is 0 Å². The molecule has 1 fully saturated rings. The van der Waals surface area contributed by atoms with Crippen LogP contribution in [0.15, 0.2) is 18.2 Å². The van der Waals surface area contributed by atoms with Crippen molar-refractivity contribution in [3.05, 3.63) is 18.2 Å². The average Bonchev–Trinajstić information content (AvgIpc) is 2.63. The molecule has 2 aliphatic heterocycles. The lowest BCUT2D eigenvalue weighted by atomic mass is 9.85. The number of ether oxygens (including phenoxy) is 2. The van der Waals surface area contributed by atoms with Gasteiger partial charge in [-0.25, -0.2) is 0 Å². The van der Waals surface area contributed by atoms with Gasteiger partial charge >= 0.3 is 0 Å². The summed E-state index contributed by atoms with van der Waals surface area (Å²) in [4.78, 5) is 0. The Morgan fingerprint density at radius 3 is 3.05 bits per heavy atom. The van der Waals surface area contributed by atoms with Crippen LogP contribution in [-0.4, -0.2) is 31.9 Å². The number of benzene rings is 1. The van der Waals surface area contributed by atoms with Crippen molar-refractivity contribution in [2.75, 3.05) is 30.4 Å². The molecule has 2 atom stereocenters. The third-order valence-electron chi connectivity index (χ3n) is 3.95. The first-order valence-electron chi connectivity index (χ1n) is 6.96. The van der Waals surface area contributed by atoms with E-state index in [1.165, 1.54) is 0 Å². The smallest absolute Gasteiger partial charge is 0.144 e. The summed E-state index contributed by atoms with van der Waals surface area (Å²) in [7, 11) is 0. The zero-order chi connectivity index (χ0) is 13.5. The van der Waals surface area contributed by atoms with Gasteiger partial charge in [-0.05, 0) is 26.0 Å². The highest BCUT2D eigenvalue weighted by Gasteiger charge is 2.42. The molecular weight excluding hydrogens is 240 g/mol. The Labute approximate surface area is 114 Å². The molecule has 0 radical (unpaired) electrons. The summed E-state index contributed by atoms with van der Waals surface area (Å²) in [5.74, 6) is 0.921. The highest BCUT2D eigenvalue weighted by molar-refractivity contribution is 5.77. The maximum atomic E-state index is 5.89. The second-order valence-corrected chi connectivity index (χ2v) is 6.06. The van der Waals surface area contributed by atoms with Gasteiger partial charge in [0.1, 0.15) is 11.4 Å². The van der Waals surface area contributed by atoms with Gasteiger partial charge in [0.05, 0.1) is 31.0 Å². The average molecular weight is 262 g/mol. The summed E-state index contributed by atoms with van der Waals surface area (Å²) in [5.41, 5.74) is 2.32. The van der Waals surface area contributed by atoms with E-state index in [1.54, 1.807) is 0 Å². The van der Waals surface area contributed by atoms with Gasteiger partial charge in [0, 0.05) is 12.0 Å². The molecule has 2 unspecified atom stereocenters. The SMILES string of the molecule is CC(C)Oc1cccc2c1NCC1(C)COCC1N2. The fraction of sp³-hybridized carbons (Fsp3) is 0.600. The third kappa shape index (κ3) is 2.25. The maximum Gasteiger partial charge on any atom is 0.144 e. The topological polar surface area (TPSA) is 42.5 Å². The van der Waals surface area contributed by atoms with Gasteiger partial charge in [-0.3, -0.25) is 0 Å². The highest BCUT2D eigenvalue weighted by atomic mass is 16.5. The van der Waals surface area contributed by atoms with E-state index in [0.717, 1.165) is 36.9 Å². The zero-order valence-corrected chi connectivity index (χ0v) is 11.8. The Morgan fingerprint density at radius 1 is 1.42 bits per heavy atom. The van der Waals surface area contributed by atoms with Crippen molar-refractivity contribution in [2.45, 2.75) is 32.9 Å². The Kier molecular flexibility index (Phi) is 3.05. The van der Waals surface area contributed by atoms with Crippen LogP contribution in [0.5, 0.6) is 5.75 Å². The van der Waals surface area contributed by atoms with E-state index in [4.69, 9.17) is 9.47 Å². The molecule has 0 saturated carbocycles. The van der Waals surface area contributed by atoms with Crippen molar-refractivity contribution < 1.29 is 9.47 Å². The first-order valence-corrected chi connectivity index (χ1v) is 6.96. The van der Waals surface area contributed by atoms with E-state index in [1.807, 2.05) is 26.0 Å².